The van der Waals surface area contributed by atoms with E-state index in [-0.39, 0.29) is 6.03 Å². The molecule has 21 heavy (non-hydrogen) atoms. The molecule has 0 unspecified atom stereocenters. The molecule has 0 fully saturated rings. The normalized spacial score (nSPS) is 10.9. The highest BCUT2D eigenvalue weighted by Gasteiger charge is 2.29. The maximum absolute atomic E-state index is 11.9. The average Bonchev–Trinajstić information content (AvgIpc) is 2.38. The molecule has 5 heteroatoms. The molecule has 1 rings (SSSR count). The Morgan fingerprint density at radius 1 is 1.29 bits per heavy atom. The first-order valence-electron chi connectivity index (χ1n) is 6.65. The van der Waals surface area contributed by atoms with Gasteiger partial charge in [0.1, 0.15) is 0 Å². The summed E-state index contributed by atoms with van der Waals surface area (Å²) in [6.07, 6.45) is 0. The number of carboxylic acid groups (broad SMARTS) is 1. The molecule has 2 N–H and O–H groups in total. The minimum Gasteiger partial charge on any atom is -0.481 e. The predicted octanol–water partition coefficient (Wildman–Crippen LogP) is 3.09. The molecule has 0 aromatic heterocycles. The van der Waals surface area contributed by atoms with Gasteiger partial charge in [0, 0.05) is 19.3 Å². The zero-order chi connectivity index (χ0) is 16.2. The minimum atomic E-state index is -0.959. The van der Waals surface area contributed by atoms with Crippen molar-refractivity contribution in [1.29, 1.82) is 0 Å². The molecule has 0 saturated heterocycles. The molecule has 0 radical (unpaired) electrons. The molecule has 2 amide bonds. The summed E-state index contributed by atoms with van der Waals surface area (Å²) in [6.45, 7) is 9.38. The van der Waals surface area contributed by atoms with Crippen molar-refractivity contribution >= 4 is 17.7 Å². The van der Waals surface area contributed by atoms with E-state index in [2.05, 4.69) is 11.9 Å². The van der Waals surface area contributed by atoms with Crippen molar-refractivity contribution in [3.63, 3.8) is 0 Å². The van der Waals surface area contributed by atoms with Crippen LogP contribution in [0.4, 0.5) is 10.5 Å². The lowest BCUT2D eigenvalue weighted by molar-refractivity contribution is -0.142. The Labute approximate surface area is 125 Å². The Kier molecular flexibility index (Phi) is 5.13. The number of nitrogens with zero attached hydrogens (tertiary/aromatic N) is 1. The second-order valence-electron chi connectivity index (χ2n) is 5.75. The van der Waals surface area contributed by atoms with E-state index in [0.717, 1.165) is 5.57 Å². The SMILES string of the molecule is C=C(C)CN(C)C(=O)Nc1ccc(C(C)(C)C(=O)O)cc1. The highest BCUT2D eigenvalue weighted by Crippen LogP contribution is 2.24. The van der Waals surface area contributed by atoms with Gasteiger partial charge in [-0.1, -0.05) is 24.3 Å². The summed E-state index contributed by atoms with van der Waals surface area (Å²) in [5.74, 6) is -0.888. The number of amides is 2. The summed E-state index contributed by atoms with van der Waals surface area (Å²) >= 11 is 0. The summed E-state index contributed by atoms with van der Waals surface area (Å²) in [7, 11) is 1.69. The maximum atomic E-state index is 11.9. The Bertz CT molecular complexity index is 547. The number of carboxylic acids is 1. The summed E-state index contributed by atoms with van der Waals surface area (Å²) < 4.78 is 0. The second kappa shape index (κ2) is 6.43. The highest BCUT2D eigenvalue weighted by molar-refractivity contribution is 5.89. The maximum Gasteiger partial charge on any atom is 0.321 e. The first-order chi connectivity index (χ1) is 9.64. The molecule has 5 nitrogen and oxygen atoms in total. The van der Waals surface area contributed by atoms with Crippen molar-refractivity contribution in [2.75, 3.05) is 18.9 Å². The molecule has 0 saturated carbocycles. The second-order valence-corrected chi connectivity index (χ2v) is 5.75. The van der Waals surface area contributed by atoms with Crippen LogP contribution >= 0.6 is 0 Å². The van der Waals surface area contributed by atoms with E-state index in [1.807, 2.05) is 6.92 Å². The highest BCUT2D eigenvalue weighted by atomic mass is 16.4. The van der Waals surface area contributed by atoms with Crippen LogP contribution in [0.3, 0.4) is 0 Å². The van der Waals surface area contributed by atoms with Crippen LogP contribution in [0, 0.1) is 0 Å². The summed E-state index contributed by atoms with van der Waals surface area (Å²) in [4.78, 5) is 24.6. The first kappa shape index (κ1) is 16.8. The predicted molar refractivity (Wildman–Crippen MR) is 83.6 cm³/mol. The monoisotopic (exact) mass is 290 g/mol. The molecule has 0 spiro atoms. The van der Waals surface area contributed by atoms with Crippen LogP contribution in [0.1, 0.15) is 26.3 Å². The van der Waals surface area contributed by atoms with Crippen molar-refractivity contribution in [3.8, 4) is 0 Å². The van der Waals surface area contributed by atoms with Gasteiger partial charge in [-0.3, -0.25) is 4.79 Å². The van der Waals surface area contributed by atoms with Gasteiger partial charge in [0.25, 0.3) is 0 Å². The minimum absolute atomic E-state index is 0.233. The van der Waals surface area contributed by atoms with E-state index in [4.69, 9.17) is 0 Å². The Balaban J connectivity index is 2.78. The van der Waals surface area contributed by atoms with Gasteiger partial charge >= 0.3 is 12.0 Å². The molecular formula is C16H22N2O3. The van der Waals surface area contributed by atoms with Gasteiger partial charge in [0.15, 0.2) is 0 Å². The zero-order valence-corrected chi connectivity index (χ0v) is 12.9. The first-order valence-corrected chi connectivity index (χ1v) is 6.65. The number of carbonyl (C=O) groups is 2. The number of hydrogen-bond acceptors (Lipinski definition) is 2. The van der Waals surface area contributed by atoms with Crippen molar-refractivity contribution in [2.45, 2.75) is 26.2 Å². The summed E-state index contributed by atoms with van der Waals surface area (Å²) in [5, 5.41) is 11.9. The Morgan fingerprint density at radius 3 is 2.24 bits per heavy atom. The van der Waals surface area contributed by atoms with Crippen LogP contribution in [0.15, 0.2) is 36.4 Å². The van der Waals surface area contributed by atoms with Gasteiger partial charge in [0.05, 0.1) is 5.41 Å². The number of hydrogen-bond donors (Lipinski definition) is 2. The number of urea groups is 1. The molecule has 0 atom stereocenters. The van der Waals surface area contributed by atoms with Gasteiger partial charge < -0.3 is 15.3 Å². The number of benzene rings is 1. The molecule has 0 bridgehead atoms. The third-order valence-electron chi connectivity index (χ3n) is 3.25. The van der Waals surface area contributed by atoms with Crippen LogP contribution in [0.5, 0.6) is 0 Å². The molecule has 0 aliphatic rings. The van der Waals surface area contributed by atoms with Gasteiger partial charge in [0.2, 0.25) is 0 Å². The van der Waals surface area contributed by atoms with E-state index in [9.17, 15) is 14.7 Å². The van der Waals surface area contributed by atoms with Crippen molar-refractivity contribution in [2.24, 2.45) is 0 Å². The van der Waals surface area contributed by atoms with Crippen LogP contribution in [0.2, 0.25) is 0 Å². The third-order valence-corrected chi connectivity index (χ3v) is 3.25. The molecule has 1 aromatic rings. The molecule has 114 valence electrons. The van der Waals surface area contributed by atoms with E-state index in [1.54, 1.807) is 45.2 Å². The topological polar surface area (TPSA) is 69.6 Å². The molecule has 0 aliphatic heterocycles. The fourth-order valence-corrected chi connectivity index (χ4v) is 1.79. The lowest BCUT2D eigenvalue weighted by Crippen LogP contribution is -2.32. The number of nitrogens with one attached hydrogen (secondary N) is 1. The Morgan fingerprint density at radius 2 is 1.81 bits per heavy atom. The standard InChI is InChI=1S/C16H22N2O3/c1-11(2)10-18(5)15(21)17-13-8-6-12(7-9-13)16(3,4)14(19)20/h6-9H,1,10H2,2-5H3,(H,17,21)(H,19,20). The third kappa shape index (κ3) is 4.34. The lowest BCUT2D eigenvalue weighted by atomic mass is 9.85. The zero-order valence-electron chi connectivity index (χ0n) is 12.9. The lowest BCUT2D eigenvalue weighted by Gasteiger charge is -2.21. The average molecular weight is 290 g/mol. The largest absolute Gasteiger partial charge is 0.481 e. The van der Waals surface area contributed by atoms with Crippen LogP contribution < -0.4 is 5.32 Å². The Hall–Kier alpha value is -2.30. The van der Waals surface area contributed by atoms with Gasteiger partial charge in [-0.15, -0.1) is 0 Å². The van der Waals surface area contributed by atoms with E-state index in [0.29, 0.717) is 17.8 Å². The van der Waals surface area contributed by atoms with Crippen molar-refractivity contribution < 1.29 is 14.7 Å². The molecule has 0 heterocycles. The molecule has 0 aliphatic carbocycles. The number of aliphatic carboxylic acids is 1. The number of carbonyl (C=O) groups excluding carboxylic acids is 1. The molecular weight excluding hydrogens is 268 g/mol. The van der Waals surface area contributed by atoms with Crippen LogP contribution in [-0.4, -0.2) is 35.6 Å². The summed E-state index contributed by atoms with van der Waals surface area (Å²) in [6, 6.07) is 6.59. The number of rotatable bonds is 5. The fourth-order valence-electron chi connectivity index (χ4n) is 1.79. The van der Waals surface area contributed by atoms with Gasteiger partial charge in [-0.2, -0.15) is 0 Å². The fraction of sp³-hybridized carbons (Fsp3) is 0.375. The van der Waals surface area contributed by atoms with Crippen molar-refractivity contribution in [3.05, 3.63) is 42.0 Å². The van der Waals surface area contributed by atoms with Gasteiger partial charge in [-0.25, -0.2) is 4.79 Å². The smallest absolute Gasteiger partial charge is 0.321 e. The molecule has 1 aromatic carbocycles. The van der Waals surface area contributed by atoms with Gasteiger partial charge in [-0.05, 0) is 38.5 Å². The van der Waals surface area contributed by atoms with E-state index >= 15 is 0 Å². The number of anilines is 1. The van der Waals surface area contributed by atoms with Crippen LogP contribution in [-0.2, 0) is 10.2 Å². The number of likely N-dealkylation sites (N-methyl/N-ethyl adjacent to an activating group) is 1. The van der Waals surface area contributed by atoms with E-state index in [1.165, 1.54) is 4.90 Å². The van der Waals surface area contributed by atoms with E-state index < -0.39 is 11.4 Å². The summed E-state index contributed by atoms with van der Waals surface area (Å²) in [5.41, 5.74) is 1.24. The quantitative estimate of drug-likeness (QED) is 0.819. The van der Waals surface area contributed by atoms with Crippen LogP contribution in [0.25, 0.3) is 0 Å². The van der Waals surface area contributed by atoms with Crippen molar-refractivity contribution in [1.82, 2.24) is 4.90 Å².